The summed E-state index contributed by atoms with van der Waals surface area (Å²) < 4.78 is 6.30. The van der Waals surface area contributed by atoms with Gasteiger partial charge < -0.3 is 10.1 Å². The van der Waals surface area contributed by atoms with Crippen molar-refractivity contribution in [2.45, 2.75) is 64.0 Å². The number of aryl methyl sites for hydroxylation is 1. The predicted molar refractivity (Wildman–Crippen MR) is 85.1 cm³/mol. The van der Waals surface area contributed by atoms with Gasteiger partial charge in [0.2, 0.25) is 0 Å². The second-order valence-corrected chi connectivity index (χ2v) is 6.36. The fourth-order valence-corrected chi connectivity index (χ4v) is 2.99. The molecule has 1 aromatic carbocycles. The average molecular weight is 275 g/mol. The van der Waals surface area contributed by atoms with Crippen LogP contribution in [0.15, 0.2) is 30.3 Å². The molecule has 1 saturated carbocycles. The van der Waals surface area contributed by atoms with Crippen molar-refractivity contribution in [3.8, 4) is 0 Å². The summed E-state index contributed by atoms with van der Waals surface area (Å²) in [4.78, 5) is 0. The van der Waals surface area contributed by atoms with E-state index in [2.05, 4.69) is 49.5 Å². The van der Waals surface area contributed by atoms with Crippen LogP contribution in [0.1, 0.15) is 51.5 Å². The minimum atomic E-state index is 0.112. The number of hydrogen-bond donors (Lipinski definition) is 1. The molecule has 0 bridgehead atoms. The van der Waals surface area contributed by atoms with Crippen LogP contribution in [-0.2, 0) is 11.2 Å². The van der Waals surface area contributed by atoms with Gasteiger partial charge in [-0.2, -0.15) is 0 Å². The molecule has 1 aliphatic rings. The summed E-state index contributed by atoms with van der Waals surface area (Å²) in [5.74, 6) is 0. The van der Waals surface area contributed by atoms with Crippen LogP contribution in [0.4, 0.5) is 0 Å². The average Bonchev–Trinajstić information content (AvgIpc) is 2.92. The highest BCUT2D eigenvalue weighted by molar-refractivity contribution is 5.14. The van der Waals surface area contributed by atoms with Crippen LogP contribution in [-0.4, -0.2) is 24.8 Å². The van der Waals surface area contributed by atoms with Crippen molar-refractivity contribution in [1.29, 1.82) is 0 Å². The minimum Gasteiger partial charge on any atom is -0.374 e. The van der Waals surface area contributed by atoms with E-state index in [0.29, 0.717) is 6.04 Å². The van der Waals surface area contributed by atoms with E-state index < -0.39 is 0 Å². The Balaban J connectivity index is 1.72. The lowest BCUT2D eigenvalue weighted by Gasteiger charge is -2.31. The first-order chi connectivity index (χ1) is 9.70. The zero-order chi connectivity index (χ0) is 14.3. The fraction of sp³-hybridized carbons (Fsp3) is 0.667. The fourth-order valence-electron chi connectivity index (χ4n) is 2.99. The maximum Gasteiger partial charge on any atom is 0.0806 e. The normalized spacial score (nSPS) is 17.8. The number of ether oxygens (including phenoxy) is 1. The van der Waals surface area contributed by atoms with Crippen LogP contribution in [0, 0.1) is 0 Å². The molecular formula is C18H29NO. The molecule has 2 nitrogen and oxygen atoms in total. The van der Waals surface area contributed by atoms with Crippen molar-refractivity contribution >= 4 is 0 Å². The lowest BCUT2D eigenvalue weighted by Crippen LogP contribution is -2.43. The van der Waals surface area contributed by atoms with Gasteiger partial charge in [-0.25, -0.2) is 0 Å². The number of nitrogens with one attached hydrogen (secondary N) is 1. The van der Waals surface area contributed by atoms with E-state index in [0.717, 1.165) is 26.0 Å². The first kappa shape index (κ1) is 15.5. The third-order valence-corrected chi connectivity index (χ3v) is 4.21. The molecule has 0 aliphatic heterocycles. The molecule has 0 unspecified atom stereocenters. The molecule has 2 heteroatoms. The molecule has 0 amide bonds. The Labute approximate surface area is 123 Å². The van der Waals surface area contributed by atoms with Crippen LogP contribution in [0.5, 0.6) is 0 Å². The smallest absolute Gasteiger partial charge is 0.0806 e. The van der Waals surface area contributed by atoms with Crippen molar-refractivity contribution in [1.82, 2.24) is 5.32 Å². The Kier molecular flexibility index (Phi) is 6.06. The second kappa shape index (κ2) is 7.80. The van der Waals surface area contributed by atoms with Gasteiger partial charge >= 0.3 is 0 Å². The zero-order valence-electron chi connectivity index (χ0n) is 13.0. The molecule has 0 saturated heterocycles. The van der Waals surface area contributed by atoms with Gasteiger partial charge in [0.25, 0.3) is 0 Å². The number of hydrogen-bond acceptors (Lipinski definition) is 2. The Bertz CT molecular complexity index is 368. The van der Waals surface area contributed by atoms with E-state index >= 15 is 0 Å². The van der Waals surface area contributed by atoms with Gasteiger partial charge in [-0.05, 0) is 31.2 Å². The van der Waals surface area contributed by atoms with E-state index in [1.54, 1.807) is 0 Å². The molecule has 1 aromatic rings. The number of benzene rings is 1. The maximum atomic E-state index is 6.30. The van der Waals surface area contributed by atoms with Crippen LogP contribution < -0.4 is 5.32 Å². The summed E-state index contributed by atoms with van der Waals surface area (Å²) in [5.41, 5.74) is 1.53. The summed E-state index contributed by atoms with van der Waals surface area (Å²) in [5, 5.41) is 3.56. The first-order valence-electron chi connectivity index (χ1n) is 8.11. The lowest BCUT2D eigenvalue weighted by atomic mass is 10.0. The summed E-state index contributed by atoms with van der Waals surface area (Å²) in [7, 11) is 0. The van der Waals surface area contributed by atoms with Gasteiger partial charge in [-0.15, -0.1) is 0 Å². The molecule has 0 heterocycles. The van der Waals surface area contributed by atoms with Gasteiger partial charge in [0.05, 0.1) is 5.60 Å². The third kappa shape index (κ3) is 4.92. The SMILES string of the molecule is CC(C)NCC1(OCCCc2ccccc2)CCCC1. The van der Waals surface area contributed by atoms with Crippen molar-refractivity contribution in [2.24, 2.45) is 0 Å². The second-order valence-electron chi connectivity index (χ2n) is 6.36. The molecule has 112 valence electrons. The van der Waals surface area contributed by atoms with E-state index in [9.17, 15) is 0 Å². The van der Waals surface area contributed by atoms with Crippen LogP contribution in [0.25, 0.3) is 0 Å². The van der Waals surface area contributed by atoms with E-state index in [1.807, 2.05) is 0 Å². The molecule has 0 radical (unpaired) electrons. The van der Waals surface area contributed by atoms with Crippen LogP contribution in [0.3, 0.4) is 0 Å². The molecule has 0 atom stereocenters. The number of rotatable bonds is 8. The van der Waals surface area contributed by atoms with E-state index in [4.69, 9.17) is 4.74 Å². The summed E-state index contributed by atoms with van der Waals surface area (Å²) >= 11 is 0. The quantitative estimate of drug-likeness (QED) is 0.725. The lowest BCUT2D eigenvalue weighted by molar-refractivity contribution is -0.0411. The molecule has 1 fully saturated rings. The minimum absolute atomic E-state index is 0.112. The van der Waals surface area contributed by atoms with E-state index in [-0.39, 0.29) is 5.60 Å². The van der Waals surface area contributed by atoms with Gasteiger partial charge in [0, 0.05) is 19.2 Å². The van der Waals surface area contributed by atoms with Gasteiger partial charge in [0.15, 0.2) is 0 Å². The molecule has 0 aromatic heterocycles. The van der Waals surface area contributed by atoms with E-state index in [1.165, 1.54) is 31.2 Å². The highest BCUT2D eigenvalue weighted by atomic mass is 16.5. The Morgan fingerprint density at radius 3 is 2.50 bits per heavy atom. The molecule has 1 N–H and O–H groups in total. The van der Waals surface area contributed by atoms with Crippen molar-refractivity contribution in [3.63, 3.8) is 0 Å². The highest BCUT2D eigenvalue weighted by Gasteiger charge is 2.34. The van der Waals surface area contributed by atoms with Crippen molar-refractivity contribution in [3.05, 3.63) is 35.9 Å². The summed E-state index contributed by atoms with van der Waals surface area (Å²) in [6, 6.07) is 11.2. The monoisotopic (exact) mass is 275 g/mol. The summed E-state index contributed by atoms with van der Waals surface area (Å²) in [6.45, 7) is 6.31. The molecule has 0 spiro atoms. The molecule has 2 rings (SSSR count). The first-order valence-corrected chi connectivity index (χ1v) is 8.11. The predicted octanol–water partition coefficient (Wildman–Crippen LogP) is 3.95. The Hall–Kier alpha value is -0.860. The largest absolute Gasteiger partial charge is 0.374 e. The molecular weight excluding hydrogens is 246 g/mol. The zero-order valence-corrected chi connectivity index (χ0v) is 13.0. The van der Waals surface area contributed by atoms with Crippen LogP contribution in [0.2, 0.25) is 0 Å². The van der Waals surface area contributed by atoms with Crippen molar-refractivity contribution < 1.29 is 4.74 Å². The van der Waals surface area contributed by atoms with Gasteiger partial charge in [-0.3, -0.25) is 0 Å². The molecule has 20 heavy (non-hydrogen) atoms. The maximum absolute atomic E-state index is 6.30. The topological polar surface area (TPSA) is 21.3 Å². The third-order valence-electron chi connectivity index (χ3n) is 4.21. The summed E-state index contributed by atoms with van der Waals surface area (Å²) in [6.07, 6.45) is 7.31. The Morgan fingerprint density at radius 1 is 1.15 bits per heavy atom. The standard InChI is InChI=1S/C18H29NO/c1-16(2)19-15-18(12-6-7-13-18)20-14-8-11-17-9-4-3-5-10-17/h3-5,9-10,16,19H,6-8,11-15H2,1-2H3. The van der Waals surface area contributed by atoms with Crippen molar-refractivity contribution in [2.75, 3.05) is 13.2 Å². The van der Waals surface area contributed by atoms with Crippen LogP contribution >= 0.6 is 0 Å². The van der Waals surface area contributed by atoms with Gasteiger partial charge in [0.1, 0.15) is 0 Å². The Morgan fingerprint density at radius 2 is 1.85 bits per heavy atom. The molecule has 1 aliphatic carbocycles. The highest BCUT2D eigenvalue weighted by Crippen LogP contribution is 2.33. The van der Waals surface area contributed by atoms with Gasteiger partial charge in [-0.1, -0.05) is 57.0 Å².